The average molecular weight is 188 g/mol. The molecule has 0 amide bonds. The number of aromatic nitrogens is 1. The van der Waals surface area contributed by atoms with Crippen LogP contribution >= 0.6 is 0 Å². The van der Waals surface area contributed by atoms with E-state index < -0.39 is 0 Å². The fourth-order valence-corrected chi connectivity index (χ4v) is 1.27. The van der Waals surface area contributed by atoms with Gasteiger partial charge >= 0.3 is 0 Å². The largest absolute Gasteiger partial charge is 0.398 e. The van der Waals surface area contributed by atoms with Crippen LogP contribution in [0.25, 0.3) is 5.70 Å². The number of rotatable bonds is 3. The van der Waals surface area contributed by atoms with Gasteiger partial charge in [0.25, 0.3) is 0 Å². The summed E-state index contributed by atoms with van der Waals surface area (Å²) in [6.07, 6.45) is 6.89. The number of nitrogens with two attached hydrogens (primary N) is 1. The van der Waals surface area contributed by atoms with Crippen LogP contribution in [0.4, 0.5) is 0 Å². The van der Waals surface area contributed by atoms with Crippen LogP contribution in [0.15, 0.2) is 30.6 Å². The number of hydrogen-bond donors (Lipinski definition) is 1. The third-order valence-corrected chi connectivity index (χ3v) is 2.29. The van der Waals surface area contributed by atoms with Crippen LogP contribution < -0.4 is 5.73 Å². The SMILES string of the molecule is NC(=CC(=O)C1CC1)c1ccncc1. The molecule has 0 radical (unpaired) electrons. The van der Waals surface area contributed by atoms with Crippen LogP contribution in [0, 0.1) is 5.92 Å². The monoisotopic (exact) mass is 188 g/mol. The number of carbonyl (C=O) groups excluding carboxylic acids is 1. The molecule has 3 heteroatoms. The Morgan fingerprint density at radius 3 is 2.64 bits per heavy atom. The molecule has 1 heterocycles. The molecule has 1 aromatic rings. The van der Waals surface area contributed by atoms with Gasteiger partial charge in [-0.1, -0.05) is 0 Å². The van der Waals surface area contributed by atoms with Crippen molar-refractivity contribution in [2.75, 3.05) is 0 Å². The van der Waals surface area contributed by atoms with Crippen LogP contribution in [0.5, 0.6) is 0 Å². The lowest BCUT2D eigenvalue weighted by molar-refractivity contribution is -0.115. The Hall–Kier alpha value is -1.64. The van der Waals surface area contributed by atoms with Gasteiger partial charge in [0.15, 0.2) is 5.78 Å². The maximum absolute atomic E-state index is 11.4. The Bertz CT molecular complexity index is 366. The lowest BCUT2D eigenvalue weighted by Gasteiger charge is -1.99. The molecule has 1 fully saturated rings. The molecule has 2 N–H and O–H groups in total. The van der Waals surface area contributed by atoms with E-state index >= 15 is 0 Å². The fourth-order valence-electron chi connectivity index (χ4n) is 1.27. The highest BCUT2D eigenvalue weighted by atomic mass is 16.1. The van der Waals surface area contributed by atoms with E-state index in [-0.39, 0.29) is 11.7 Å². The van der Waals surface area contributed by atoms with Gasteiger partial charge in [0.1, 0.15) is 0 Å². The molecule has 1 aliphatic rings. The first kappa shape index (κ1) is 8.94. The summed E-state index contributed by atoms with van der Waals surface area (Å²) in [5.41, 5.74) is 7.16. The summed E-state index contributed by atoms with van der Waals surface area (Å²) in [4.78, 5) is 15.3. The van der Waals surface area contributed by atoms with Crippen LogP contribution in [-0.4, -0.2) is 10.8 Å². The van der Waals surface area contributed by atoms with E-state index in [9.17, 15) is 4.79 Å². The molecule has 3 nitrogen and oxygen atoms in total. The number of hydrogen-bond acceptors (Lipinski definition) is 3. The molecule has 0 atom stereocenters. The number of ketones is 1. The predicted octanol–water partition coefficient (Wildman–Crippen LogP) is 1.36. The molecular weight excluding hydrogens is 176 g/mol. The second kappa shape index (κ2) is 3.62. The van der Waals surface area contributed by atoms with Crippen molar-refractivity contribution < 1.29 is 4.79 Å². The van der Waals surface area contributed by atoms with Crippen molar-refractivity contribution in [1.82, 2.24) is 4.98 Å². The molecule has 72 valence electrons. The van der Waals surface area contributed by atoms with E-state index in [4.69, 9.17) is 5.73 Å². The first-order valence-corrected chi connectivity index (χ1v) is 4.69. The quantitative estimate of drug-likeness (QED) is 0.728. The molecule has 0 spiro atoms. The van der Waals surface area contributed by atoms with E-state index in [2.05, 4.69) is 4.98 Å². The maximum atomic E-state index is 11.4. The standard InChI is InChI=1S/C11H12N2O/c12-10(7-11(14)9-1-2-9)8-3-5-13-6-4-8/h3-7,9H,1-2,12H2. The zero-order valence-corrected chi connectivity index (χ0v) is 7.81. The van der Waals surface area contributed by atoms with Crippen molar-refractivity contribution in [2.45, 2.75) is 12.8 Å². The number of pyridine rings is 1. The smallest absolute Gasteiger partial charge is 0.160 e. The minimum atomic E-state index is 0.152. The summed E-state index contributed by atoms with van der Waals surface area (Å²) in [7, 11) is 0. The van der Waals surface area contributed by atoms with E-state index in [1.165, 1.54) is 6.08 Å². The molecule has 1 saturated carbocycles. The van der Waals surface area contributed by atoms with Gasteiger partial charge in [0.05, 0.1) is 0 Å². The molecule has 14 heavy (non-hydrogen) atoms. The molecule has 0 bridgehead atoms. The summed E-state index contributed by atoms with van der Waals surface area (Å²) >= 11 is 0. The van der Waals surface area contributed by atoms with Crippen LogP contribution in [0.2, 0.25) is 0 Å². The molecule has 0 aromatic carbocycles. The molecule has 1 aromatic heterocycles. The van der Waals surface area contributed by atoms with Gasteiger partial charge in [-0.2, -0.15) is 0 Å². The van der Waals surface area contributed by atoms with Crippen molar-refractivity contribution in [2.24, 2.45) is 11.7 Å². The van der Waals surface area contributed by atoms with E-state index in [1.54, 1.807) is 24.5 Å². The molecule has 1 aliphatic carbocycles. The summed E-state index contributed by atoms with van der Waals surface area (Å²) in [6.45, 7) is 0. The third-order valence-electron chi connectivity index (χ3n) is 2.29. The number of nitrogens with zero attached hydrogens (tertiary/aromatic N) is 1. The average Bonchev–Trinajstić information content (AvgIpc) is 3.02. The molecular formula is C11H12N2O. The summed E-state index contributed by atoms with van der Waals surface area (Å²) < 4.78 is 0. The highest BCUT2D eigenvalue weighted by Crippen LogP contribution is 2.30. The molecule has 0 aliphatic heterocycles. The molecule has 0 unspecified atom stereocenters. The Morgan fingerprint density at radius 2 is 2.07 bits per heavy atom. The van der Waals surface area contributed by atoms with Crippen LogP contribution in [-0.2, 0) is 4.79 Å². The minimum absolute atomic E-state index is 0.152. The van der Waals surface area contributed by atoms with Gasteiger partial charge in [-0.05, 0) is 25.0 Å². The van der Waals surface area contributed by atoms with Gasteiger partial charge in [0, 0.05) is 35.6 Å². The first-order chi connectivity index (χ1) is 6.77. The van der Waals surface area contributed by atoms with Crippen molar-refractivity contribution >= 4 is 11.5 Å². The van der Waals surface area contributed by atoms with E-state index in [1.807, 2.05) is 0 Å². The third kappa shape index (κ3) is 1.99. The van der Waals surface area contributed by atoms with Gasteiger partial charge in [-0.15, -0.1) is 0 Å². The lowest BCUT2D eigenvalue weighted by atomic mass is 10.1. The lowest BCUT2D eigenvalue weighted by Crippen LogP contribution is -2.02. The van der Waals surface area contributed by atoms with Crippen molar-refractivity contribution in [3.8, 4) is 0 Å². The fraction of sp³-hybridized carbons (Fsp3) is 0.273. The Balaban J connectivity index is 2.14. The van der Waals surface area contributed by atoms with Crippen molar-refractivity contribution in [1.29, 1.82) is 0 Å². The van der Waals surface area contributed by atoms with Crippen molar-refractivity contribution in [3.63, 3.8) is 0 Å². The Kier molecular flexibility index (Phi) is 2.31. The molecule has 0 saturated heterocycles. The zero-order chi connectivity index (χ0) is 9.97. The number of allylic oxidation sites excluding steroid dienone is 1. The van der Waals surface area contributed by atoms with Crippen LogP contribution in [0.3, 0.4) is 0 Å². The topological polar surface area (TPSA) is 56.0 Å². The summed E-state index contributed by atoms with van der Waals surface area (Å²) in [5.74, 6) is 0.384. The Morgan fingerprint density at radius 1 is 1.43 bits per heavy atom. The second-order valence-electron chi connectivity index (χ2n) is 3.51. The summed E-state index contributed by atoms with van der Waals surface area (Å²) in [6, 6.07) is 3.60. The minimum Gasteiger partial charge on any atom is -0.398 e. The first-order valence-electron chi connectivity index (χ1n) is 4.69. The maximum Gasteiger partial charge on any atom is 0.160 e. The van der Waals surface area contributed by atoms with Crippen molar-refractivity contribution in [3.05, 3.63) is 36.2 Å². The highest BCUT2D eigenvalue weighted by Gasteiger charge is 2.27. The molecule has 2 rings (SSSR count). The van der Waals surface area contributed by atoms with Crippen LogP contribution in [0.1, 0.15) is 18.4 Å². The predicted molar refractivity (Wildman–Crippen MR) is 54.1 cm³/mol. The number of carbonyl (C=O) groups is 1. The highest BCUT2D eigenvalue weighted by molar-refractivity contribution is 5.98. The van der Waals surface area contributed by atoms with Gasteiger partial charge < -0.3 is 5.73 Å². The second-order valence-corrected chi connectivity index (χ2v) is 3.51. The summed E-state index contributed by atoms with van der Waals surface area (Å²) in [5, 5.41) is 0. The van der Waals surface area contributed by atoms with E-state index in [0.29, 0.717) is 5.70 Å². The van der Waals surface area contributed by atoms with Gasteiger partial charge in [-0.25, -0.2) is 0 Å². The van der Waals surface area contributed by atoms with Gasteiger partial charge in [-0.3, -0.25) is 9.78 Å². The normalized spacial score (nSPS) is 16.7. The Labute approximate surface area is 82.6 Å². The zero-order valence-electron chi connectivity index (χ0n) is 7.81. The van der Waals surface area contributed by atoms with E-state index in [0.717, 1.165) is 18.4 Å². The van der Waals surface area contributed by atoms with Gasteiger partial charge in [0.2, 0.25) is 0 Å².